The average Bonchev–Trinajstić information content (AvgIpc) is 3.63. The van der Waals surface area contributed by atoms with Gasteiger partial charge >= 0.3 is 5.97 Å². The van der Waals surface area contributed by atoms with Crippen LogP contribution in [0.5, 0.6) is 5.75 Å². The first kappa shape index (κ1) is 34.7. The molecule has 0 bridgehead atoms. The fraction of sp³-hybridized carbons (Fsp3) is 0.333. The van der Waals surface area contributed by atoms with Crippen molar-refractivity contribution in [3.8, 4) is 11.4 Å². The van der Waals surface area contributed by atoms with Crippen LogP contribution < -0.4 is 15.4 Å². The van der Waals surface area contributed by atoms with Crippen LogP contribution in [0, 0.1) is 5.82 Å². The van der Waals surface area contributed by atoms with Crippen LogP contribution in [-0.2, 0) is 20.7 Å². The topological polar surface area (TPSA) is 141 Å². The second-order valence-corrected chi connectivity index (χ2v) is 13.4. The van der Waals surface area contributed by atoms with E-state index in [-0.39, 0.29) is 28.9 Å². The lowest BCUT2D eigenvalue weighted by Gasteiger charge is -2.37. The highest BCUT2D eigenvalue weighted by Gasteiger charge is 2.37. The predicted octanol–water partition coefficient (Wildman–Crippen LogP) is 5.32. The molecule has 0 aliphatic carbocycles. The first-order valence-corrected chi connectivity index (χ1v) is 16.7. The van der Waals surface area contributed by atoms with Crippen molar-refractivity contribution in [2.24, 2.45) is 0 Å². The number of amides is 2. The van der Waals surface area contributed by atoms with Crippen LogP contribution in [0.15, 0.2) is 67.0 Å². The Bertz CT molecular complexity index is 1910. The number of carbonyl (C=O) groups is 3. The molecule has 2 aliphatic heterocycles. The number of carbonyl (C=O) groups excluding carboxylic acids is 3. The number of halogens is 2. The number of aromatic nitrogens is 4. The molecule has 1 unspecified atom stereocenters. The molecule has 1 fully saturated rings. The predicted molar refractivity (Wildman–Crippen MR) is 185 cm³/mol. The van der Waals surface area contributed by atoms with Crippen molar-refractivity contribution < 1.29 is 28.2 Å². The maximum absolute atomic E-state index is 15.3. The first-order valence-electron chi connectivity index (χ1n) is 16.3. The fourth-order valence-electron chi connectivity index (χ4n) is 6.03. The molecule has 0 saturated carbocycles. The Balaban J connectivity index is 1.31. The van der Waals surface area contributed by atoms with E-state index < -0.39 is 35.2 Å². The highest BCUT2D eigenvalue weighted by molar-refractivity contribution is 6.31. The van der Waals surface area contributed by atoms with Gasteiger partial charge in [-0.1, -0.05) is 23.7 Å². The van der Waals surface area contributed by atoms with Gasteiger partial charge in [0.2, 0.25) is 5.91 Å². The quantitative estimate of drug-likeness (QED) is 0.185. The van der Waals surface area contributed by atoms with Crippen LogP contribution in [0.2, 0.25) is 5.02 Å². The Morgan fingerprint density at radius 2 is 1.82 bits per heavy atom. The average molecular weight is 702 g/mol. The zero-order valence-electron chi connectivity index (χ0n) is 27.9. The van der Waals surface area contributed by atoms with Gasteiger partial charge in [0.15, 0.2) is 5.82 Å². The van der Waals surface area contributed by atoms with Gasteiger partial charge in [0.1, 0.15) is 29.8 Å². The second kappa shape index (κ2) is 14.8. The van der Waals surface area contributed by atoms with E-state index in [0.29, 0.717) is 29.0 Å². The molecule has 6 rings (SSSR count). The van der Waals surface area contributed by atoms with Gasteiger partial charge in [-0.05, 0) is 118 Å². The molecule has 4 aromatic rings. The monoisotopic (exact) mass is 701 g/mol. The lowest BCUT2D eigenvalue weighted by Crippen LogP contribution is -2.45. The van der Waals surface area contributed by atoms with Crippen molar-refractivity contribution in [2.75, 3.05) is 25.0 Å². The van der Waals surface area contributed by atoms with Crippen molar-refractivity contribution in [3.63, 3.8) is 0 Å². The molecule has 1 saturated heterocycles. The Labute approximate surface area is 293 Å². The van der Waals surface area contributed by atoms with Gasteiger partial charge in [-0.15, -0.1) is 5.10 Å². The molecule has 0 spiro atoms. The first-order chi connectivity index (χ1) is 24.0. The number of hydrogen-bond acceptors (Lipinski definition) is 9. The lowest BCUT2D eigenvalue weighted by atomic mass is 9.90. The number of nitrogens with one attached hydrogen (secondary N) is 2. The van der Waals surface area contributed by atoms with Gasteiger partial charge in [0.25, 0.3) is 5.91 Å². The van der Waals surface area contributed by atoms with Crippen LogP contribution >= 0.6 is 11.6 Å². The number of esters is 1. The van der Waals surface area contributed by atoms with Gasteiger partial charge in [-0.3, -0.25) is 9.59 Å². The summed E-state index contributed by atoms with van der Waals surface area (Å²) in [6, 6.07) is 13.7. The second-order valence-electron chi connectivity index (χ2n) is 13.0. The molecular weight excluding hydrogens is 665 g/mol. The Morgan fingerprint density at radius 1 is 1.06 bits per heavy atom. The Kier molecular flexibility index (Phi) is 10.3. The fourth-order valence-corrected chi connectivity index (χ4v) is 6.20. The number of hydrogen-bond donors (Lipinski definition) is 2. The molecule has 12 nitrogen and oxygen atoms in total. The summed E-state index contributed by atoms with van der Waals surface area (Å²) < 4.78 is 28.4. The van der Waals surface area contributed by atoms with Crippen molar-refractivity contribution in [2.45, 2.75) is 57.8 Å². The number of fused-ring (bicyclic) bond motifs is 1. The summed E-state index contributed by atoms with van der Waals surface area (Å²) in [4.78, 5) is 42.1. The number of ether oxygens (including phenoxy) is 2. The van der Waals surface area contributed by atoms with Crippen molar-refractivity contribution in [3.05, 3.63) is 100 Å². The number of nitrogens with zero attached hydrogens (tertiary/aromatic N) is 5. The van der Waals surface area contributed by atoms with Gasteiger partial charge in [-0.2, -0.15) is 4.68 Å². The molecule has 2 N–H and O–H groups in total. The number of piperidine rings is 1. The number of benzene rings is 3. The number of rotatable bonds is 8. The molecule has 260 valence electrons. The highest BCUT2D eigenvalue weighted by Crippen LogP contribution is 2.37. The van der Waals surface area contributed by atoms with Crippen molar-refractivity contribution in [1.82, 2.24) is 30.4 Å². The van der Waals surface area contributed by atoms with E-state index in [2.05, 4.69) is 26.2 Å². The molecule has 3 heterocycles. The van der Waals surface area contributed by atoms with Crippen LogP contribution in [0.4, 0.5) is 10.1 Å². The molecule has 2 aliphatic rings. The third kappa shape index (κ3) is 7.84. The van der Waals surface area contributed by atoms with Crippen LogP contribution in [0.3, 0.4) is 0 Å². The zero-order chi connectivity index (χ0) is 35.4. The molecule has 2 amide bonds. The van der Waals surface area contributed by atoms with Crippen molar-refractivity contribution in [1.29, 1.82) is 0 Å². The normalized spacial score (nSPS) is 16.6. The maximum Gasteiger partial charge on any atom is 0.338 e. The highest BCUT2D eigenvalue weighted by atomic mass is 35.5. The summed E-state index contributed by atoms with van der Waals surface area (Å²) in [5, 5.41) is 17.2. The molecule has 50 heavy (non-hydrogen) atoms. The molecule has 14 heteroatoms. The molecular formula is C36H37ClFN7O5. The van der Waals surface area contributed by atoms with Gasteiger partial charge in [0, 0.05) is 29.4 Å². The van der Waals surface area contributed by atoms with E-state index in [4.69, 9.17) is 21.1 Å². The van der Waals surface area contributed by atoms with E-state index in [9.17, 15) is 14.4 Å². The van der Waals surface area contributed by atoms with Gasteiger partial charge in [-0.25, -0.2) is 9.18 Å². The number of tetrazole rings is 1. The standard InChI is InChI=1S/C36H37ClFN7O5/c1-36(2,3)50-35(48)22-7-9-23(10-8-22)41-34(47)33-26-5-4-6-30(49-24-15-18-39-19-16-24)25(26)17-20-44(33)31(46)14-11-27-29(45-21-40-42-43-45)13-12-28(37)32(27)38/h4-14,21,24,33,39H,15-20H2,1-3H3,(H,41,47)/b14-11+. The summed E-state index contributed by atoms with van der Waals surface area (Å²) >= 11 is 6.09. The van der Waals surface area contributed by atoms with E-state index >= 15 is 4.39 Å². The maximum atomic E-state index is 15.3. The minimum Gasteiger partial charge on any atom is -0.490 e. The Morgan fingerprint density at radius 3 is 2.52 bits per heavy atom. The number of anilines is 1. The summed E-state index contributed by atoms with van der Waals surface area (Å²) in [6.07, 6.45) is 5.99. The van der Waals surface area contributed by atoms with Crippen LogP contribution in [0.25, 0.3) is 11.8 Å². The van der Waals surface area contributed by atoms with E-state index in [1.807, 2.05) is 18.2 Å². The third-order valence-corrected chi connectivity index (χ3v) is 8.67. The third-order valence-electron chi connectivity index (χ3n) is 8.37. The molecule has 1 atom stereocenters. The molecule has 3 aromatic carbocycles. The summed E-state index contributed by atoms with van der Waals surface area (Å²) in [7, 11) is 0. The lowest BCUT2D eigenvalue weighted by molar-refractivity contribution is -0.135. The minimum atomic E-state index is -1.05. The van der Waals surface area contributed by atoms with Crippen LogP contribution in [-0.4, -0.2) is 74.2 Å². The largest absolute Gasteiger partial charge is 0.490 e. The van der Waals surface area contributed by atoms with E-state index in [1.54, 1.807) is 45.0 Å². The van der Waals surface area contributed by atoms with Gasteiger partial charge in [0.05, 0.1) is 16.3 Å². The van der Waals surface area contributed by atoms with Gasteiger partial charge < -0.3 is 25.0 Å². The molecule has 1 aromatic heterocycles. The summed E-state index contributed by atoms with van der Waals surface area (Å²) in [5.74, 6) is -1.55. The minimum absolute atomic E-state index is 0.000652. The zero-order valence-corrected chi connectivity index (χ0v) is 28.6. The van der Waals surface area contributed by atoms with Crippen LogP contribution in [0.1, 0.15) is 66.7 Å². The summed E-state index contributed by atoms with van der Waals surface area (Å²) in [5.41, 5.74) is 1.83. The summed E-state index contributed by atoms with van der Waals surface area (Å²) in [6.45, 7) is 7.25. The van der Waals surface area contributed by atoms with Crippen molar-refractivity contribution >= 4 is 41.1 Å². The van der Waals surface area contributed by atoms with E-state index in [1.165, 1.54) is 40.2 Å². The molecule has 0 radical (unpaired) electrons. The SMILES string of the molecule is CC(C)(C)OC(=O)c1ccc(NC(=O)C2c3cccc(OC4CCNCC4)c3CCN2C(=O)/C=C/c2c(-n3cnnn3)ccc(Cl)c2F)cc1. The van der Waals surface area contributed by atoms with E-state index in [0.717, 1.165) is 31.5 Å². The Hall–Kier alpha value is -5.14. The smallest absolute Gasteiger partial charge is 0.338 e.